The van der Waals surface area contributed by atoms with Crippen LogP contribution >= 0.6 is 0 Å². The zero-order valence-electron chi connectivity index (χ0n) is 10.0. The van der Waals surface area contributed by atoms with E-state index in [-0.39, 0.29) is 12.0 Å². The minimum absolute atomic E-state index is 0.0291. The van der Waals surface area contributed by atoms with E-state index in [1.54, 1.807) is 18.5 Å². The van der Waals surface area contributed by atoms with Crippen molar-refractivity contribution in [3.8, 4) is 11.3 Å². The summed E-state index contributed by atoms with van der Waals surface area (Å²) >= 11 is 0. The molecule has 2 N–H and O–H groups in total. The third kappa shape index (κ3) is 2.52. The number of nitrogens with one attached hydrogen (secondary N) is 1. The van der Waals surface area contributed by atoms with Crippen molar-refractivity contribution in [2.75, 3.05) is 5.32 Å². The van der Waals surface area contributed by atoms with Gasteiger partial charge in [0, 0.05) is 24.0 Å². The maximum Gasteiger partial charge on any atom is 0.308 e. The lowest BCUT2D eigenvalue weighted by Crippen LogP contribution is -2.11. The summed E-state index contributed by atoms with van der Waals surface area (Å²) in [6.07, 6.45) is 4.04. The third-order valence-corrected chi connectivity index (χ3v) is 3.08. The Hall–Kier alpha value is -2.50. The average molecular weight is 256 g/mol. The number of nitrogens with zero attached hydrogens (tertiary/aromatic N) is 3. The molecule has 0 saturated heterocycles. The van der Waals surface area contributed by atoms with Crippen LogP contribution in [0.3, 0.4) is 0 Å². The fourth-order valence-corrected chi connectivity index (χ4v) is 1.90. The number of carboxylic acids is 1. The van der Waals surface area contributed by atoms with E-state index in [4.69, 9.17) is 5.11 Å². The predicted molar refractivity (Wildman–Crippen MR) is 68.4 cm³/mol. The Morgan fingerprint density at radius 3 is 2.58 bits per heavy atom. The first kappa shape index (κ1) is 11.6. The van der Waals surface area contributed by atoms with Gasteiger partial charge < -0.3 is 10.4 Å². The zero-order chi connectivity index (χ0) is 13.2. The Balaban J connectivity index is 1.69. The second-order valence-corrected chi connectivity index (χ2v) is 4.47. The van der Waals surface area contributed by atoms with Crippen LogP contribution in [0, 0.1) is 5.92 Å². The Bertz CT molecular complexity index is 585. The van der Waals surface area contributed by atoms with Gasteiger partial charge in [-0.05, 0) is 30.7 Å². The average Bonchev–Trinajstić information content (AvgIpc) is 3.20. The van der Waals surface area contributed by atoms with Crippen molar-refractivity contribution in [3.63, 3.8) is 0 Å². The molecule has 1 fully saturated rings. The lowest BCUT2D eigenvalue weighted by atomic mass is 10.2. The molecule has 0 aromatic carbocycles. The fourth-order valence-electron chi connectivity index (χ4n) is 1.90. The number of hydrogen-bond donors (Lipinski definition) is 2. The first-order valence-electron chi connectivity index (χ1n) is 5.97. The normalized spacial score (nSPS) is 20.8. The lowest BCUT2D eigenvalue weighted by molar-refractivity contribution is -0.138. The highest BCUT2D eigenvalue weighted by Crippen LogP contribution is 2.33. The Morgan fingerprint density at radius 1 is 1.21 bits per heavy atom. The smallest absolute Gasteiger partial charge is 0.308 e. The highest BCUT2D eigenvalue weighted by molar-refractivity contribution is 5.75. The molecule has 0 amide bonds. The number of carbonyl (C=O) groups is 1. The largest absolute Gasteiger partial charge is 0.481 e. The van der Waals surface area contributed by atoms with E-state index in [0.717, 1.165) is 11.3 Å². The molecule has 3 rings (SSSR count). The summed E-state index contributed by atoms with van der Waals surface area (Å²) in [5.41, 5.74) is 1.71. The molecule has 2 atom stereocenters. The molecule has 0 spiro atoms. The standard InChI is InChI=1S/C13H12N4O2/c18-13(19)9-7-11(9)15-12-2-1-10(16-17-12)8-3-5-14-6-4-8/h1-6,9,11H,7H2,(H,15,17)(H,18,19). The Kier molecular flexibility index (Phi) is 2.83. The van der Waals surface area contributed by atoms with Crippen molar-refractivity contribution in [1.29, 1.82) is 0 Å². The fraction of sp³-hybridized carbons (Fsp3) is 0.231. The van der Waals surface area contributed by atoms with Crippen LogP contribution in [-0.2, 0) is 4.79 Å². The molecule has 0 bridgehead atoms. The highest BCUT2D eigenvalue weighted by Gasteiger charge is 2.43. The molecule has 2 heterocycles. The molecule has 2 aromatic heterocycles. The van der Waals surface area contributed by atoms with Gasteiger partial charge in [-0.15, -0.1) is 10.2 Å². The van der Waals surface area contributed by atoms with Gasteiger partial charge >= 0.3 is 5.97 Å². The first-order valence-corrected chi connectivity index (χ1v) is 5.97. The number of anilines is 1. The minimum Gasteiger partial charge on any atom is -0.481 e. The maximum atomic E-state index is 10.7. The molecule has 19 heavy (non-hydrogen) atoms. The van der Waals surface area contributed by atoms with Crippen LogP contribution in [0.25, 0.3) is 11.3 Å². The van der Waals surface area contributed by atoms with Crippen LogP contribution in [-0.4, -0.2) is 32.3 Å². The van der Waals surface area contributed by atoms with Gasteiger partial charge in [0.1, 0.15) is 5.82 Å². The van der Waals surface area contributed by atoms with Crippen molar-refractivity contribution < 1.29 is 9.90 Å². The van der Waals surface area contributed by atoms with E-state index in [2.05, 4.69) is 20.5 Å². The van der Waals surface area contributed by atoms with Gasteiger partial charge in [-0.25, -0.2) is 0 Å². The molecule has 1 saturated carbocycles. The number of rotatable bonds is 4. The number of carboxylic acid groups (broad SMARTS) is 1. The second-order valence-electron chi connectivity index (χ2n) is 4.47. The quantitative estimate of drug-likeness (QED) is 0.860. The van der Waals surface area contributed by atoms with Crippen molar-refractivity contribution in [2.24, 2.45) is 5.92 Å². The molecular formula is C13H12N4O2. The van der Waals surface area contributed by atoms with E-state index in [1.807, 2.05) is 18.2 Å². The summed E-state index contributed by atoms with van der Waals surface area (Å²) in [6.45, 7) is 0. The van der Waals surface area contributed by atoms with Crippen molar-refractivity contribution >= 4 is 11.8 Å². The van der Waals surface area contributed by atoms with E-state index in [9.17, 15) is 4.79 Å². The molecule has 96 valence electrons. The number of aromatic nitrogens is 3. The summed E-state index contributed by atoms with van der Waals surface area (Å²) in [6, 6.07) is 7.35. The van der Waals surface area contributed by atoms with Gasteiger partial charge in [-0.1, -0.05) is 0 Å². The number of aliphatic carboxylic acids is 1. The highest BCUT2D eigenvalue weighted by atomic mass is 16.4. The monoisotopic (exact) mass is 256 g/mol. The van der Waals surface area contributed by atoms with Crippen LogP contribution in [0.5, 0.6) is 0 Å². The third-order valence-electron chi connectivity index (χ3n) is 3.08. The Morgan fingerprint density at radius 2 is 2.00 bits per heavy atom. The summed E-state index contributed by atoms with van der Waals surface area (Å²) < 4.78 is 0. The maximum absolute atomic E-state index is 10.7. The molecule has 6 nitrogen and oxygen atoms in total. The molecule has 2 unspecified atom stereocenters. The molecule has 1 aliphatic rings. The van der Waals surface area contributed by atoms with Gasteiger partial charge in [0.25, 0.3) is 0 Å². The van der Waals surface area contributed by atoms with Crippen molar-refractivity contribution in [2.45, 2.75) is 12.5 Å². The van der Waals surface area contributed by atoms with Crippen LogP contribution < -0.4 is 5.32 Å². The molecule has 2 aromatic rings. The molecular weight excluding hydrogens is 244 g/mol. The molecule has 6 heteroatoms. The minimum atomic E-state index is -0.765. The molecule has 1 aliphatic carbocycles. The van der Waals surface area contributed by atoms with Gasteiger partial charge in [0.15, 0.2) is 0 Å². The lowest BCUT2D eigenvalue weighted by Gasteiger charge is -2.04. The van der Waals surface area contributed by atoms with Crippen LogP contribution in [0.15, 0.2) is 36.7 Å². The van der Waals surface area contributed by atoms with E-state index < -0.39 is 5.97 Å². The zero-order valence-corrected chi connectivity index (χ0v) is 10.0. The summed E-state index contributed by atoms with van der Waals surface area (Å²) in [5.74, 6) is -0.466. The first-order chi connectivity index (χ1) is 9.24. The summed E-state index contributed by atoms with van der Waals surface area (Å²) in [7, 11) is 0. The van der Waals surface area contributed by atoms with Gasteiger partial charge in [-0.2, -0.15) is 0 Å². The summed E-state index contributed by atoms with van der Waals surface area (Å²) in [5, 5.41) is 20.0. The van der Waals surface area contributed by atoms with Crippen LogP contribution in [0.4, 0.5) is 5.82 Å². The SMILES string of the molecule is O=C(O)C1CC1Nc1ccc(-c2ccncc2)nn1. The van der Waals surface area contributed by atoms with E-state index in [0.29, 0.717) is 12.2 Å². The van der Waals surface area contributed by atoms with Gasteiger partial charge in [0.2, 0.25) is 0 Å². The second kappa shape index (κ2) is 4.64. The summed E-state index contributed by atoms with van der Waals surface area (Å²) in [4.78, 5) is 14.7. The van der Waals surface area contributed by atoms with E-state index in [1.165, 1.54) is 0 Å². The van der Waals surface area contributed by atoms with Crippen molar-refractivity contribution in [1.82, 2.24) is 15.2 Å². The van der Waals surface area contributed by atoms with Crippen LogP contribution in [0.1, 0.15) is 6.42 Å². The molecule has 0 radical (unpaired) electrons. The number of pyridine rings is 1. The Labute approximate surface area is 109 Å². The van der Waals surface area contributed by atoms with E-state index >= 15 is 0 Å². The number of hydrogen-bond acceptors (Lipinski definition) is 5. The van der Waals surface area contributed by atoms with Gasteiger partial charge in [-0.3, -0.25) is 9.78 Å². The van der Waals surface area contributed by atoms with Crippen LogP contribution in [0.2, 0.25) is 0 Å². The topological polar surface area (TPSA) is 88.0 Å². The predicted octanol–water partition coefficient (Wildman–Crippen LogP) is 1.42. The molecule has 0 aliphatic heterocycles. The van der Waals surface area contributed by atoms with Gasteiger partial charge in [0.05, 0.1) is 11.6 Å². The van der Waals surface area contributed by atoms with Crippen molar-refractivity contribution in [3.05, 3.63) is 36.7 Å².